The van der Waals surface area contributed by atoms with Gasteiger partial charge in [-0.25, -0.2) is 4.98 Å². The molecule has 0 radical (unpaired) electrons. The summed E-state index contributed by atoms with van der Waals surface area (Å²) in [6.07, 6.45) is 2.08. The van der Waals surface area contributed by atoms with Crippen molar-refractivity contribution >= 4 is 45.0 Å². The van der Waals surface area contributed by atoms with E-state index in [9.17, 15) is 0 Å². The molecule has 0 bridgehead atoms. The number of hydrogen-bond donors (Lipinski definition) is 0. The minimum atomic E-state index is 0.994. The van der Waals surface area contributed by atoms with Crippen LogP contribution >= 0.6 is 22.6 Å². The minimum Gasteiger partial charge on any atom is -0.378 e. The second kappa shape index (κ2) is 3.87. The van der Waals surface area contributed by atoms with E-state index in [0.29, 0.717) is 0 Å². The van der Waals surface area contributed by atoms with Crippen LogP contribution in [0.3, 0.4) is 0 Å². The van der Waals surface area contributed by atoms with Gasteiger partial charge in [-0.3, -0.25) is 4.40 Å². The molecule has 0 aliphatic carbocycles. The van der Waals surface area contributed by atoms with Gasteiger partial charge in [0, 0.05) is 35.6 Å². The third-order valence-corrected chi connectivity index (χ3v) is 3.54. The Kier molecular flexibility index (Phi) is 2.47. The SMILES string of the molecule is CN(C)c1ccn2c(c1)nc1cc([125I])ccc12. The van der Waals surface area contributed by atoms with Gasteiger partial charge in [0.1, 0.15) is 5.65 Å². The van der Waals surface area contributed by atoms with Crippen LogP contribution in [0.1, 0.15) is 0 Å². The fraction of sp³-hybridized carbons (Fsp3) is 0.154. The van der Waals surface area contributed by atoms with Crippen LogP contribution in [0.4, 0.5) is 5.69 Å². The number of benzene rings is 1. The van der Waals surface area contributed by atoms with Crippen LogP contribution in [0.2, 0.25) is 0 Å². The highest BCUT2D eigenvalue weighted by atomic mass is 125. The zero-order chi connectivity index (χ0) is 12.0. The van der Waals surface area contributed by atoms with Gasteiger partial charge in [0.2, 0.25) is 0 Å². The van der Waals surface area contributed by atoms with Crippen LogP contribution in [0.15, 0.2) is 36.5 Å². The summed E-state index contributed by atoms with van der Waals surface area (Å²) in [4.78, 5) is 6.74. The summed E-state index contributed by atoms with van der Waals surface area (Å²) < 4.78 is 3.34. The average molecular weight is 335 g/mol. The molecule has 0 saturated heterocycles. The maximum Gasteiger partial charge on any atom is 0.139 e. The fourth-order valence-electron chi connectivity index (χ4n) is 1.96. The van der Waals surface area contributed by atoms with E-state index in [1.165, 1.54) is 9.26 Å². The number of imidazole rings is 1. The Morgan fingerprint density at radius 1 is 1.18 bits per heavy atom. The Morgan fingerprint density at radius 3 is 2.76 bits per heavy atom. The van der Waals surface area contributed by atoms with Crippen molar-refractivity contribution in [2.75, 3.05) is 19.0 Å². The predicted octanol–water partition coefficient (Wildman–Crippen LogP) is 3.16. The highest BCUT2D eigenvalue weighted by molar-refractivity contribution is 14.1. The predicted molar refractivity (Wildman–Crippen MR) is 79.7 cm³/mol. The Bertz CT molecular complexity index is 700. The van der Waals surface area contributed by atoms with Crippen molar-refractivity contribution in [2.45, 2.75) is 0 Å². The first-order valence-corrected chi connectivity index (χ1v) is 6.48. The molecule has 3 nitrogen and oxygen atoms in total. The van der Waals surface area contributed by atoms with E-state index in [1.807, 2.05) is 14.1 Å². The van der Waals surface area contributed by atoms with Crippen molar-refractivity contribution < 1.29 is 0 Å². The van der Waals surface area contributed by atoms with Crippen molar-refractivity contribution in [1.29, 1.82) is 0 Å². The molecule has 86 valence electrons. The molecule has 0 aliphatic heterocycles. The van der Waals surface area contributed by atoms with Crippen molar-refractivity contribution in [2.24, 2.45) is 0 Å². The van der Waals surface area contributed by atoms with Gasteiger partial charge >= 0.3 is 0 Å². The first-order valence-electron chi connectivity index (χ1n) is 5.40. The molecular formula is C13H12IN3. The quantitative estimate of drug-likeness (QED) is 0.637. The second-order valence-electron chi connectivity index (χ2n) is 4.25. The number of halogens is 1. The zero-order valence-corrected chi connectivity index (χ0v) is 11.8. The van der Waals surface area contributed by atoms with Gasteiger partial charge in [-0.1, -0.05) is 0 Å². The van der Waals surface area contributed by atoms with Crippen LogP contribution in [-0.4, -0.2) is 23.5 Å². The number of hydrogen-bond acceptors (Lipinski definition) is 2. The maximum absolute atomic E-state index is 4.65. The summed E-state index contributed by atoms with van der Waals surface area (Å²) in [7, 11) is 4.08. The monoisotopic (exact) mass is 335 g/mol. The summed E-state index contributed by atoms with van der Waals surface area (Å²) in [5, 5.41) is 0. The zero-order valence-electron chi connectivity index (χ0n) is 9.68. The highest BCUT2D eigenvalue weighted by Crippen LogP contribution is 2.21. The van der Waals surface area contributed by atoms with Crippen molar-refractivity contribution in [3.63, 3.8) is 0 Å². The molecule has 3 aromatic rings. The first kappa shape index (κ1) is 10.8. The van der Waals surface area contributed by atoms with E-state index in [-0.39, 0.29) is 0 Å². The molecule has 0 aliphatic rings. The van der Waals surface area contributed by atoms with E-state index in [1.54, 1.807) is 0 Å². The van der Waals surface area contributed by atoms with E-state index in [2.05, 4.69) is 73.4 Å². The molecule has 2 heterocycles. The van der Waals surface area contributed by atoms with Gasteiger partial charge in [0.25, 0.3) is 0 Å². The standard InChI is InChI=1S/C13H12IN3/c1-16(2)10-5-6-17-12-4-3-9(14)7-11(12)15-13(17)8-10/h3-8H,1-2H3/i14-2. The summed E-state index contributed by atoms with van der Waals surface area (Å²) in [5.74, 6) is 0. The molecule has 0 saturated carbocycles. The van der Waals surface area contributed by atoms with Gasteiger partial charge in [-0.15, -0.1) is 0 Å². The third kappa shape index (κ3) is 1.76. The molecular weight excluding hydrogens is 323 g/mol. The molecule has 4 heteroatoms. The first-order chi connectivity index (χ1) is 8.15. The number of aromatic nitrogens is 2. The van der Waals surface area contributed by atoms with Gasteiger partial charge in [0.05, 0.1) is 11.0 Å². The second-order valence-corrected chi connectivity index (χ2v) is 5.50. The lowest BCUT2D eigenvalue weighted by molar-refractivity contribution is 1.11. The number of fused-ring (bicyclic) bond motifs is 3. The maximum atomic E-state index is 4.65. The largest absolute Gasteiger partial charge is 0.378 e. The van der Waals surface area contributed by atoms with E-state index in [0.717, 1.165) is 16.7 Å². The summed E-state index contributed by atoms with van der Waals surface area (Å²) in [6, 6.07) is 10.5. The summed E-state index contributed by atoms with van der Waals surface area (Å²) >= 11 is 2.31. The lowest BCUT2D eigenvalue weighted by Crippen LogP contribution is -2.08. The fourth-order valence-corrected chi connectivity index (χ4v) is 2.43. The van der Waals surface area contributed by atoms with Gasteiger partial charge in [-0.05, 0) is 46.9 Å². The average Bonchev–Trinajstić information content (AvgIpc) is 2.64. The number of anilines is 1. The van der Waals surface area contributed by atoms with Crippen LogP contribution in [0.25, 0.3) is 16.7 Å². The molecule has 3 rings (SSSR count). The van der Waals surface area contributed by atoms with Gasteiger partial charge in [0.15, 0.2) is 0 Å². The number of pyridine rings is 1. The number of nitrogens with zero attached hydrogens (tertiary/aromatic N) is 3. The van der Waals surface area contributed by atoms with Crippen LogP contribution in [0.5, 0.6) is 0 Å². The molecule has 1 aromatic carbocycles. The van der Waals surface area contributed by atoms with E-state index in [4.69, 9.17) is 0 Å². The molecule has 0 atom stereocenters. The van der Waals surface area contributed by atoms with Crippen LogP contribution in [0, 0.1) is 3.57 Å². The molecule has 17 heavy (non-hydrogen) atoms. The Balaban J connectivity index is 2.35. The van der Waals surface area contributed by atoms with Gasteiger partial charge in [-0.2, -0.15) is 0 Å². The highest BCUT2D eigenvalue weighted by Gasteiger charge is 2.05. The van der Waals surface area contributed by atoms with Crippen molar-refractivity contribution in [3.05, 3.63) is 40.1 Å². The summed E-state index contributed by atoms with van der Waals surface area (Å²) in [6.45, 7) is 0. The molecule has 0 fully saturated rings. The van der Waals surface area contributed by atoms with Gasteiger partial charge < -0.3 is 4.90 Å². The van der Waals surface area contributed by atoms with Crippen molar-refractivity contribution in [3.8, 4) is 0 Å². The van der Waals surface area contributed by atoms with Crippen LogP contribution < -0.4 is 4.90 Å². The minimum absolute atomic E-state index is 0.994. The van der Waals surface area contributed by atoms with Crippen molar-refractivity contribution in [1.82, 2.24) is 9.38 Å². The smallest absolute Gasteiger partial charge is 0.139 e. The molecule has 0 amide bonds. The normalized spacial score (nSPS) is 11.2. The lowest BCUT2D eigenvalue weighted by Gasteiger charge is -2.11. The Morgan fingerprint density at radius 2 is 2.00 bits per heavy atom. The molecule has 0 unspecified atom stereocenters. The Labute approximate surface area is 113 Å². The topological polar surface area (TPSA) is 20.5 Å². The number of rotatable bonds is 1. The molecule has 0 spiro atoms. The third-order valence-electron chi connectivity index (χ3n) is 2.87. The Hall–Kier alpha value is -1.30. The molecule has 0 N–H and O–H groups in total. The van der Waals surface area contributed by atoms with E-state index < -0.39 is 0 Å². The van der Waals surface area contributed by atoms with E-state index >= 15 is 0 Å². The summed E-state index contributed by atoms with van der Waals surface area (Å²) in [5.41, 5.74) is 4.37. The van der Waals surface area contributed by atoms with Crippen LogP contribution in [-0.2, 0) is 0 Å². The lowest BCUT2D eigenvalue weighted by atomic mass is 10.3. The molecule has 2 aromatic heterocycles.